The Morgan fingerprint density at radius 2 is 1.35 bits per heavy atom. The fraction of sp³-hybridized carbons (Fsp3) is 0. The molecular formula is C26H13N3O2. The van der Waals surface area contributed by atoms with Crippen LogP contribution in [0.5, 0.6) is 0 Å². The summed E-state index contributed by atoms with van der Waals surface area (Å²) in [7, 11) is 0. The first kappa shape index (κ1) is 15.5. The van der Waals surface area contributed by atoms with Gasteiger partial charge < -0.3 is 8.83 Å². The molecule has 0 amide bonds. The fourth-order valence-electron chi connectivity index (χ4n) is 5.08. The number of furan rings is 2. The van der Waals surface area contributed by atoms with Crippen molar-refractivity contribution in [3.63, 3.8) is 0 Å². The Hall–Kier alpha value is -4.38. The van der Waals surface area contributed by atoms with Crippen LogP contribution in [0, 0.1) is 0 Å². The average molecular weight is 399 g/mol. The largest absolute Gasteiger partial charge is 0.456 e. The van der Waals surface area contributed by atoms with E-state index in [9.17, 15) is 0 Å². The van der Waals surface area contributed by atoms with Crippen LogP contribution in [0.15, 0.2) is 88.1 Å². The van der Waals surface area contributed by atoms with E-state index in [4.69, 9.17) is 8.83 Å². The molecule has 31 heavy (non-hydrogen) atoms. The van der Waals surface area contributed by atoms with Crippen LogP contribution < -0.4 is 0 Å². The molecule has 0 saturated heterocycles. The van der Waals surface area contributed by atoms with Gasteiger partial charge in [-0.3, -0.25) is 9.38 Å². The number of imidazole rings is 1. The lowest BCUT2D eigenvalue weighted by Crippen LogP contribution is -1.92. The van der Waals surface area contributed by atoms with E-state index in [-0.39, 0.29) is 0 Å². The van der Waals surface area contributed by atoms with Crippen LogP contribution in [0.2, 0.25) is 0 Å². The molecule has 0 aliphatic rings. The monoisotopic (exact) mass is 399 g/mol. The van der Waals surface area contributed by atoms with Crippen molar-refractivity contribution in [1.82, 2.24) is 14.4 Å². The molecule has 0 N–H and O–H groups in total. The predicted molar refractivity (Wildman–Crippen MR) is 123 cm³/mol. The van der Waals surface area contributed by atoms with Crippen LogP contribution in [0.4, 0.5) is 0 Å². The van der Waals surface area contributed by atoms with Gasteiger partial charge in [-0.15, -0.1) is 0 Å². The smallest absolute Gasteiger partial charge is 0.163 e. The minimum absolute atomic E-state index is 0.842. The first-order valence-corrected chi connectivity index (χ1v) is 10.2. The number of fused-ring (bicyclic) bond motifs is 14. The molecular weight excluding hydrogens is 386 g/mol. The van der Waals surface area contributed by atoms with Gasteiger partial charge in [0.05, 0.1) is 10.9 Å². The van der Waals surface area contributed by atoms with E-state index in [0.29, 0.717) is 0 Å². The van der Waals surface area contributed by atoms with Crippen molar-refractivity contribution in [1.29, 1.82) is 0 Å². The van der Waals surface area contributed by atoms with E-state index in [2.05, 4.69) is 38.6 Å². The van der Waals surface area contributed by atoms with Gasteiger partial charge in [0.25, 0.3) is 0 Å². The molecule has 3 aromatic carbocycles. The van der Waals surface area contributed by atoms with Gasteiger partial charge in [-0.1, -0.05) is 24.3 Å². The summed E-state index contributed by atoms with van der Waals surface area (Å²) in [5.41, 5.74) is 6.24. The van der Waals surface area contributed by atoms with Crippen LogP contribution in [0.3, 0.4) is 0 Å². The standard InChI is InChI=1S/C26H13N3O2/c1-2-6-17-16(4-1)21-18(30-17)9-10-19-22(21)23-20(31-19)8-7-15-14-5-3-11-27-24(14)26-28-12-13-29(26)25(15)23/h1-13H. The quantitative estimate of drug-likeness (QED) is 0.262. The van der Waals surface area contributed by atoms with E-state index < -0.39 is 0 Å². The van der Waals surface area contributed by atoms with Crippen LogP contribution >= 0.6 is 0 Å². The van der Waals surface area contributed by atoms with Crippen LogP contribution in [-0.2, 0) is 0 Å². The van der Waals surface area contributed by atoms with Crippen LogP contribution in [0.1, 0.15) is 0 Å². The summed E-state index contributed by atoms with van der Waals surface area (Å²) in [5, 5.41) is 6.51. The van der Waals surface area contributed by atoms with E-state index in [1.165, 1.54) is 0 Å². The molecule has 0 fully saturated rings. The topological polar surface area (TPSA) is 56.5 Å². The zero-order valence-electron chi connectivity index (χ0n) is 16.2. The Balaban J connectivity index is 1.77. The molecule has 5 nitrogen and oxygen atoms in total. The lowest BCUT2D eigenvalue weighted by molar-refractivity contribution is 0.663. The lowest BCUT2D eigenvalue weighted by atomic mass is 10.0. The molecule has 0 atom stereocenters. The second-order valence-corrected chi connectivity index (χ2v) is 7.87. The molecule has 0 aliphatic heterocycles. The van der Waals surface area contributed by atoms with Crippen molar-refractivity contribution in [2.45, 2.75) is 0 Å². The maximum absolute atomic E-state index is 6.33. The van der Waals surface area contributed by atoms with Crippen molar-refractivity contribution in [3.8, 4) is 0 Å². The summed E-state index contributed by atoms with van der Waals surface area (Å²) in [6, 6.07) is 20.4. The minimum Gasteiger partial charge on any atom is -0.456 e. The average Bonchev–Trinajstić information content (AvgIpc) is 3.53. The second kappa shape index (κ2) is 5.21. The number of hydrogen-bond donors (Lipinski definition) is 0. The maximum atomic E-state index is 6.33. The third kappa shape index (κ3) is 1.78. The Bertz CT molecular complexity index is 2010. The summed E-state index contributed by atoms with van der Waals surface area (Å²) in [4.78, 5) is 9.24. The highest BCUT2D eigenvalue weighted by Gasteiger charge is 2.20. The summed E-state index contributed by atoms with van der Waals surface area (Å²) >= 11 is 0. The van der Waals surface area contributed by atoms with E-state index in [1.54, 1.807) is 0 Å². The highest BCUT2D eigenvalue weighted by Crippen LogP contribution is 2.43. The highest BCUT2D eigenvalue weighted by atomic mass is 16.3. The Kier molecular flexibility index (Phi) is 2.60. The second-order valence-electron chi connectivity index (χ2n) is 7.87. The van der Waals surface area contributed by atoms with Crippen molar-refractivity contribution in [3.05, 3.63) is 79.3 Å². The number of nitrogens with zero attached hydrogens (tertiary/aromatic N) is 3. The molecule has 5 aromatic heterocycles. The maximum Gasteiger partial charge on any atom is 0.163 e. The lowest BCUT2D eigenvalue weighted by Gasteiger charge is -2.08. The third-order valence-corrected chi connectivity index (χ3v) is 6.31. The van der Waals surface area contributed by atoms with Crippen molar-refractivity contribution in [2.24, 2.45) is 0 Å². The molecule has 144 valence electrons. The molecule has 5 heteroatoms. The van der Waals surface area contributed by atoms with Gasteiger partial charge >= 0.3 is 0 Å². The number of aromatic nitrogens is 3. The first-order valence-electron chi connectivity index (χ1n) is 10.2. The molecule has 0 spiro atoms. The Morgan fingerprint density at radius 3 is 2.32 bits per heavy atom. The van der Waals surface area contributed by atoms with E-state index in [1.807, 2.05) is 55.0 Å². The highest BCUT2D eigenvalue weighted by molar-refractivity contribution is 6.32. The Morgan fingerprint density at radius 1 is 0.581 bits per heavy atom. The summed E-state index contributed by atoms with van der Waals surface area (Å²) in [5.74, 6) is 0. The zero-order chi connectivity index (χ0) is 20.1. The summed E-state index contributed by atoms with van der Waals surface area (Å²) < 4.78 is 14.6. The predicted octanol–water partition coefficient (Wildman–Crippen LogP) is 6.83. The molecule has 8 aromatic rings. The van der Waals surface area contributed by atoms with Gasteiger partial charge in [-0.2, -0.15) is 0 Å². The fourth-order valence-corrected chi connectivity index (χ4v) is 5.08. The molecule has 0 saturated carbocycles. The molecule has 0 unspecified atom stereocenters. The molecule has 0 bridgehead atoms. The number of hydrogen-bond acceptors (Lipinski definition) is 4. The van der Waals surface area contributed by atoms with Gasteiger partial charge in [-0.05, 0) is 36.4 Å². The number of para-hydroxylation sites is 1. The summed E-state index contributed by atoms with van der Waals surface area (Å²) in [6.45, 7) is 0. The van der Waals surface area contributed by atoms with Crippen molar-refractivity contribution < 1.29 is 8.83 Å². The number of benzene rings is 3. The summed E-state index contributed by atoms with van der Waals surface area (Å²) in [6.07, 6.45) is 5.64. The van der Waals surface area contributed by atoms with Crippen molar-refractivity contribution >= 4 is 71.3 Å². The van der Waals surface area contributed by atoms with Crippen molar-refractivity contribution in [2.75, 3.05) is 0 Å². The minimum atomic E-state index is 0.842. The zero-order valence-corrected chi connectivity index (χ0v) is 16.2. The van der Waals surface area contributed by atoms with E-state index in [0.717, 1.165) is 71.3 Å². The molecule has 5 heterocycles. The molecule has 8 rings (SSSR count). The normalized spacial score (nSPS) is 12.5. The Labute approximate surface area is 174 Å². The SMILES string of the molecule is c1ccc2c(c1)oc1ccc3oc4ccc5c6cccnc6c6nccn6c5c4c3c12. The number of pyridine rings is 2. The first-order chi connectivity index (χ1) is 15.4. The van der Waals surface area contributed by atoms with Gasteiger partial charge in [0.1, 0.15) is 27.8 Å². The molecule has 0 aliphatic carbocycles. The molecule has 0 radical (unpaired) electrons. The van der Waals surface area contributed by atoms with Crippen LogP contribution in [0.25, 0.3) is 71.3 Å². The van der Waals surface area contributed by atoms with Gasteiger partial charge in [0.2, 0.25) is 0 Å². The van der Waals surface area contributed by atoms with Gasteiger partial charge in [0.15, 0.2) is 5.65 Å². The number of rotatable bonds is 0. The van der Waals surface area contributed by atoms with Gasteiger partial charge in [0, 0.05) is 45.5 Å². The van der Waals surface area contributed by atoms with Crippen LogP contribution in [-0.4, -0.2) is 14.4 Å². The third-order valence-electron chi connectivity index (χ3n) is 6.31. The van der Waals surface area contributed by atoms with Gasteiger partial charge in [-0.25, -0.2) is 4.98 Å². The van der Waals surface area contributed by atoms with E-state index >= 15 is 0 Å².